The van der Waals surface area contributed by atoms with Crippen molar-refractivity contribution in [2.45, 2.75) is 45.7 Å². The zero-order valence-corrected chi connectivity index (χ0v) is 11.3. The van der Waals surface area contributed by atoms with E-state index in [9.17, 15) is 0 Å². The second-order valence-electron chi connectivity index (χ2n) is 4.40. The summed E-state index contributed by atoms with van der Waals surface area (Å²) in [6.45, 7) is 10.5. The standard InChI is InChI=1S/C12H26N2S/c1-4-11(3)14(5-2)8-6-12-10-15-9-7-13-12/h11-13H,4-10H2,1-3H3. The molecule has 0 bridgehead atoms. The first-order valence-electron chi connectivity index (χ1n) is 6.33. The monoisotopic (exact) mass is 230 g/mol. The fourth-order valence-corrected chi connectivity index (χ4v) is 3.07. The predicted octanol–water partition coefficient (Wildman–Crippen LogP) is 2.20. The van der Waals surface area contributed by atoms with Crippen LogP contribution in [0.2, 0.25) is 0 Å². The van der Waals surface area contributed by atoms with E-state index in [0.29, 0.717) is 0 Å². The van der Waals surface area contributed by atoms with Crippen molar-refractivity contribution in [3.63, 3.8) is 0 Å². The average molecular weight is 230 g/mol. The zero-order chi connectivity index (χ0) is 11.1. The first-order valence-corrected chi connectivity index (χ1v) is 7.48. The summed E-state index contributed by atoms with van der Waals surface area (Å²) >= 11 is 2.10. The van der Waals surface area contributed by atoms with Crippen LogP contribution in [0.4, 0.5) is 0 Å². The molecule has 2 atom stereocenters. The van der Waals surface area contributed by atoms with E-state index < -0.39 is 0 Å². The lowest BCUT2D eigenvalue weighted by molar-refractivity contribution is 0.205. The first kappa shape index (κ1) is 13.3. The number of rotatable bonds is 6. The lowest BCUT2D eigenvalue weighted by Crippen LogP contribution is -2.41. The highest BCUT2D eigenvalue weighted by Crippen LogP contribution is 2.12. The van der Waals surface area contributed by atoms with Gasteiger partial charge in [0.25, 0.3) is 0 Å². The van der Waals surface area contributed by atoms with Crippen molar-refractivity contribution in [1.29, 1.82) is 0 Å². The van der Waals surface area contributed by atoms with Crippen molar-refractivity contribution in [3.05, 3.63) is 0 Å². The summed E-state index contributed by atoms with van der Waals surface area (Å²) in [5, 5.41) is 3.61. The van der Waals surface area contributed by atoms with Gasteiger partial charge in [0.05, 0.1) is 0 Å². The smallest absolute Gasteiger partial charge is 0.0170 e. The summed E-state index contributed by atoms with van der Waals surface area (Å²) in [5.41, 5.74) is 0. The maximum absolute atomic E-state index is 3.61. The van der Waals surface area contributed by atoms with Crippen molar-refractivity contribution in [2.24, 2.45) is 0 Å². The summed E-state index contributed by atoms with van der Waals surface area (Å²) in [5.74, 6) is 2.59. The Morgan fingerprint density at radius 3 is 2.80 bits per heavy atom. The molecule has 1 N–H and O–H groups in total. The van der Waals surface area contributed by atoms with Gasteiger partial charge in [0.2, 0.25) is 0 Å². The van der Waals surface area contributed by atoms with Crippen LogP contribution in [0.3, 0.4) is 0 Å². The third-order valence-corrected chi connectivity index (χ3v) is 4.51. The van der Waals surface area contributed by atoms with E-state index in [2.05, 4.69) is 42.7 Å². The van der Waals surface area contributed by atoms with Gasteiger partial charge in [-0.25, -0.2) is 0 Å². The van der Waals surface area contributed by atoms with Crippen LogP contribution in [0.1, 0.15) is 33.6 Å². The van der Waals surface area contributed by atoms with E-state index in [1.165, 1.54) is 44.0 Å². The highest BCUT2D eigenvalue weighted by molar-refractivity contribution is 7.99. The lowest BCUT2D eigenvalue weighted by Gasteiger charge is -2.30. The van der Waals surface area contributed by atoms with Crippen LogP contribution in [0.5, 0.6) is 0 Å². The molecule has 0 aromatic carbocycles. The Labute approximate surface area is 99.2 Å². The van der Waals surface area contributed by atoms with E-state index in [4.69, 9.17) is 0 Å². The third-order valence-electron chi connectivity index (χ3n) is 3.38. The fraction of sp³-hybridized carbons (Fsp3) is 1.00. The molecule has 1 aliphatic rings. The molecule has 3 heteroatoms. The van der Waals surface area contributed by atoms with Gasteiger partial charge in [-0.3, -0.25) is 0 Å². The SMILES string of the molecule is CCC(C)N(CC)CCC1CSCCN1. The molecule has 0 amide bonds. The molecule has 1 rings (SSSR count). The largest absolute Gasteiger partial charge is 0.312 e. The molecule has 0 radical (unpaired) electrons. The van der Waals surface area contributed by atoms with Gasteiger partial charge >= 0.3 is 0 Å². The molecule has 2 unspecified atom stereocenters. The van der Waals surface area contributed by atoms with Crippen LogP contribution in [-0.4, -0.2) is 48.1 Å². The van der Waals surface area contributed by atoms with Crippen molar-refractivity contribution >= 4 is 11.8 Å². The van der Waals surface area contributed by atoms with Crippen LogP contribution >= 0.6 is 11.8 Å². The molecule has 1 fully saturated rings. The van der Waals surface area contributed by atoms with E-state index in [0.717, 1.165) is 12.1 Å². The summed E-state index contributed by atoms with van der Waals surface area (Å²) in [6.07, 6.45) is 2.58. The van der Waals surface area contributed by atoms with Gasteiger partial charge in [-0.05, 0) is 32.9 Å². The van der Waals surface area contributed by atoms with Crippen molar-refractivity contribution in [2.75, 3.05) is 31.1 Å². The Morgan fingerprint density at radius 2 is 2.27 bits per heavy atom. The highest BCUT2D eigenvalue weighted by atomic mass is 32.2. The van der Waals surface area contributed by atoms with E-state index in [1.54, 1.807) is 0 Å². The normalized spacial score (nSPS) is 24.4. The second kappa shape index (κ2) is 7.53. The van der Waals surface area contributed by atoms with Gasteiger partial charge in [-0.15, -0.1) is 0 Å². The molecule has 2 nitrogen and oxygen atoms in total. The average Bonchev–Trinajstić information content (AvgIpc) is 2.31. The van der Waals surface area contributed by atoms with Crippen molar-refractivity contribution in [1.82, 2.24) is 10.2 Å². The van der Waals surface area contributed by atoms with Gasteiger partial charge in [0.1, 0.15) is 0 Å². The maximum Gasteiger partial charge on any atom is 0.0170 e. The minimum absolute atomic E-state index is 0.742. The molecule has 0 saturated carbocycles. The minimum atomic E-state index is 0.742. The van der Waals surface area contributed by atoms with Gasteiger partial charge in [0, 0.05) is 30.1 Å². The first-order chi connectivity index (χ1) is 7.27. The van der Waals surface area contributed by atoms with Crippen molar-refractivity contribution in [3.8, 4) is 0 Å². The van der Waals surface area contributed by atoms with E-state index in [1.807, 2.05) is 0 Å². The van der Waals surface area contributed by atoms with Crippen molar-refractivity contribution < 1.29 is 0 Å². The fourth-order valence-electron chi connectivity index (χ4n) is 2.08. The Hall–Kier alpha value is 0.270. The maximum atomic E-state index is 3.61. The van der Waals surface area contributed by atoms with E-state index >= 15 is 0 Å². The molecule has 1 saturated heterocycles. The number of hydrogen-bond donors (Lipinski definition) is 1. The highest BCUT2D eigenvalue weighted by Gasteiger charge is 2.15. The summed E-state index contributed by atoms with van der Waals surface area (Å²) in [4.78, 5) is 2.60. The molecule has 0 aliphatic carbocycles. The molecule has 1 heterocycles. The summed E-state index contributed by atoms with van der Waals surface area (Å²) in [6, 6.07) is 1.49. The number of nitrogens with one attached hydrogen (secondary N) is 1. The van der Waals surface area contributed by atoms with Gasteiger partial charge in [0.15, 0.2) is 0 Å². The molecule has 0 aromatic rings. The molecule has 0 aromatic heterocycles. The second-order valence-corrected chi connectivity index (χ2v) is 5.55. The van der Waals surface area contributed by atoms with Gasteiger partial charge in [-0.2, -0.15) is 11.8 Å². The third kappa shape index (κ3) is 4.75. The van der Waals surface area contributed by atoms with Gasteiger partial charge < -0.3 is 10.2 Å². The molecular formula is C12H26N2S. The Kier molecular flexibility index (Phi) is 6.69. The van der Waals surface area contributed by atoms with Crippen LogP contribution < -0.4 is 5.32 Å². The summed E-state index contributed by atoms with van der Waals surface area (Å²) in [7, 11) is 0. The lowest BCUT2D eigenvalue weighted by atomic mass is 10.1. The zero-order valence-electron chi connectivity index (χ0n) is 10.5. The number of nitrogens with zero attached hydrogens (tertiary/aromatic N) is 1. The topological polar surface area (TPSA) is 15.3 Å². The molecule has 0 spiro atoms. The minimum Gasteiger partial charge on any atom is -0.312 e. The molecule has 1 aliphatic heterocycles. The van der Waals surface area contributed by atoms with E-state index in [-0.39, 0.29) is 0 Å². The Balaban J connectivity index is 2.20. The number of hydrogen-bond acceptors (Lipinski definition) is 3. The molecular weight excluding hydrogens is 204 g/mol. The Morgan fingerprint density at radius 1 is 1.47 bits per heavy atom. The Bertz CT molecular complexity index is 158. The quantitative estimate of drug-likeness (QED) is 0.753. The van der Waals surface area contributed by atoms with Crippen LogP contribution in [0.15, 0.2) is 0 Å². The molecule has 90 valence electrons. The predicted molar refractivity (Wildman–Crippen MR) is 70.7 cm³/mol. The van der Waals surface area contributed by atoms with Gasteiger partial charge in [-0.1, -0.05) is 13.8 Å². The molecule has 15 heavy (non-hydrogen) atoms. The van der Waals surface area contributed by atoms with Crippen LogP contribution in [0.25, 0.3) is 0 Å². The number of thioether (sulfide) groups is 1. The summed E-state index contributed by atoms with van der Waals surface area (Å²) < 4.78 is 0. The van der Waals surface area contributed by atoms with Crippen LogP contribution in [-0.2, 0) is 0 Å². The van der Waals surface area contributed by atoms with Crippen LogP contribution in [0, 0.1) is 0 Å².